The first-order chi connectivity index (χ1) is 6.04. The molecule has 3 heteroatoms. The first kappa shape index (κ1) is 16.5. The number of rotatable bonds is 5. The van der Waals surface area contributed by atoms with Gasteiger partial charge in [0.25, 0.3) is 0 Å². The highest BCUT2D eigenvalue weighted by atomic mass is 35.5. The van der Waals surface area contributed by atoms with Gasteiger partial charge in [0, 0.05) is 11.8 Å². The molecular weight excluding hydrogens is 218 g/mol. The lowest BCUT2D eigenvalue weighted by molar-refractivity contribution is 0.700. The Morgan fingerprint density at radius 1 is 0.846 bits per heavy atom. The van der Waals surface area contributed by atoms with E-state index in [1.165, 1.54) is 10.6 Å². The van der Waals surface area contributed by atoms with Gasteiger partial charge in [-0.05, 0) is 0 Å². The van der Waals surface area contributed by atoms with Crippen LogP contribution in [0.5, 0.6) is 0 Å². The summed E-state index contributed by atoms with van der Waals surface area (Å²) in [5.74, 6) is 3.02. The molecule has 0 heterocycles. The van der Waals surface area contributed by atoms with Gasteiger partial charge >= 0.3 is 0 Å². The molecule has 0 N–H and O–H groups in total. The summed E-state index contributed by atoms with van der Waals surface area (Å²) in [4.78, 5) is 0. The van der Waals surface area contributed by atoms with E-state index in [2.05, 4.69) is 27.7 Å². The minimum atomic E-state index is 0.316. The fourth-order valence-electron chi connectivity index (χ4n) is 0.934. The molecule has 0 aromatic heterocycles. The third kappa shape index (κ3) is 24.6. The van der Waals surface area contributed by atoms with E-state index in [-0.39, 0.29) is 0 Å². The van der Waals surface area contributed by atoms with Crippen LogP contribution in [0.2, 0.25) is 10.6 Å². The second kappa shape index (κ2) is 13.1. The zero-order valence-corrected chi connectivity index (χ0v) is 12.4. The normalized spacial score (nSPS) is 9.85. The van der Waals surface area contributed by atoms with Gasteiger partial charge in [-0.25, -0.2) is 0 Å². The first-order valence-electron chi connectivity index (χ1n) is 5.16. The Kier molecular flexibility index (Phi) is 16.7. The Hall–Kier alpha value is 1.11. The van der Waals surface area contributed by atoms with E-state index in [1.807, 2.05) is 0 Å². The summed E-state index contributed by atoms with van der Waals surface area (Å²) in [5.41, 5.74) is 0. The molecule has 0 aliphatic heterocycles. The van der Waals surface area contributed by atoms with Crippen molar-refractivity contribution in [2.45, 2.75) is 38.3 Å². The molecule has 0 aliphatic rings. The van der Waals surface area contributed by atoms with Crippen LogP contribution >= 0.6 is 23.2 Å². The zero-order chi connectivity index (χ0) is 10.7. The standard InChI is InChI=1S/2C4H9.C2H4Cl2.Al.H/c2*1-4(2)3;3-1-2-4;;/h2*4H,1H2,2-3H3;1-2H2;;. The maximum atomic E-state index is 5.05. The van der Waals surface area contributed by atoms with Crippen molar-refractivity contribution in [3.8, 4) is 0 Å². The molecule has 0 atom stereocenters. The molecule has 0 nitrogen and oxygen atoms in total. The molecule has 0 radical (unpaired) electrons. The van der Waals surface area contributed by atoms with Gasteiger partial charge in [0.15, 0.2) is 0 Å². The minimum absolute atomic E-state index is 0.316. The van der Waals surface area contributed by atoms with Crippen LogP contribution in [0, 0.1) is 11.8 Å². The summed E-state index contributed by atoms with van der Waals surface area (Å²) in [5, 5.41) is 3.08. The van der Waals surface area contributed by atoms with Crippen LogP contribution < -0.4 is 0 Å². The molecule has 80 valence electrons. The molecule has 0 spiro atoms. The van der Waals surface area contributed by atoms with Crippen LogP contribution in [0.25, 0.3) is 0 Å². The molecule has 0 aromatic carbocycles. The number of hydrogen-bond acceptors (Lipinski definition) is 0. The van der Waals surface area contributed by atoms with Crippen molar-refractivity contribution in [2.75, 3.05) is 11.8 Å². The lowest BCUT2D eigenvalue weighted by Crippen LogP contribution is -1.99. The van der Waals surface area contributed by atoms with Crippen LogP contribution in [0.1, 0.15) is 27.7 Å². The average molecular weight is 241 g/mol. The summed E-state index contributed by atoms with van der Waals surface area (Å²) in [6, 6.07) is 0. The third-order valence-electron chi connectivity index (χ3n) is 1.63. The smallest absolute Gasteiger partial charge is 0.125 e. The largest absolute Gasteiger partial charge is 0.237 e. The highest BCUT2D eigenvalue weighted by Crippen LogP contribution is 2.05. The van der Waals surface area contributed by atoms with Gasteiger partial charge in [0.05, 0.1) is 0 Å². The number of halogens is 2. The van der Waals surface area contributed by atoms with E-state index < -0.39 is 0 Å². The Morgan fingerprint density at radius 2 is 1.15 bits per heavy atom. The topological polar surface area (TPSA) is 0 Å². The second-order valence-electron chi connectivity index (χ2n) is 4.10. The minimum Gasteiger partial charge on any atom is -0.125 e. The number of alkyl halides is 2. The molecule has 0 unspecified atom stereocenters. The first-order valence-corrected chi connectivity index (χ1v) is 8.23. The quantitative estimate of drug-likeness (QED) is 0.503. The van der Waals surface area contributed by atoms with Crippen LogP contribution in [-0.2, 0) is 0 Å². The van der Waals surface area contributed by atoms with E-state index in [1.54, 1.807) is 0 Å². The van der Waals surface area contributed by atoms with E-state index in [4.69, 9.17) is 23.2 Å². The molecular formula is C10H23AlCl2. The van der Waals surface area contributed by atoms with Crippen molar-refractivity contribution in [1.82, 2.24) is 0 Å². The Morgan fingerprint density at radius 3 is 1.31 bits per heavy atom. The average Bonchev–Trinajstić information content (AvgIpc) is 2.03. The maximum Gasteiger partial charge on any atom is 0.237 e. The van der Waals surface area contributed by atoms with Gasteiger partial charge in [0.2, 0.25) is 15.2 Å². The van der Waals surface area contributed by atoms with E-state index in [0.29, 0.717) is 27.0 Å². The van der Waals surface area contributed by atoms with E-state index in [9.17, 15) is 0 Å². The van der Waals surface area contributed by atoms with Crippen molar-refractivity contribution >= 4 is 38.4 Å². The SMILES string of the molecule is CC(C)[CH2][AlH][CH2]C(C)C.ClCCCl. The molecule has 13 heavy (non-hydrogen) atoms. The lowest BCUT2D eigenvalue weighted by atomic mass is 10.3. The monoisotopic (exact) mass is 240 g/mol. The highest BCUT2D eigenvalue weighted by molar-refractivity contribution is 6.35. The molecule has 0 rings (SSSR count). The van der Waals surface area contributed by atoms with Crippen molar-refractivity contribution in [2.24, 2.45) is 11.8 Å². The molecule has 0 aromatic rings. The predicted octanol–water partition coefficient (Wildman–Crippen LogP) is 4.04. The van der Waals surface area contributed by atoms with Gasteiger partial charge in [0.1, 0.15) is 0 Å². The van der Waals surface area contributed by atoms with Crippen LogP contribution in [0.4, 0.5) is 0 Å². The summed E-state index contributed by atoms with van der Waals surface area (Å²) in [6.45, 7) is 9.31. The van der Waals surface area contributed by atoms with Crippen LogP contribution in [-0.4, -0.2) is 27.0 Å². The van der Waals surface area contributed by atoms with Crippen molar-refractivity contribution < 1.29 is 0 Å². The second-order valence-corrected chi connectivity index (χ2v) is 6.71. The maximum absolute atomic E-state index is 5.05. The van der Waals surface area contributed by atoms with Crippen molar-refractivity contribution in [3.63, 3.8) is 0 Å². The predicted molar refractivity (Wildman–Crippen MR) is 67.9 cm³/mol. The van der Waals surface area contributed by atoms with Gasteiger partial charge < -0.3 is 0 Å². The van der Waals surface area contributed by atoms with Crippen molar-refractivity contribution in [3.05, 3.63) is 0 Å². The Balaban J connectivity index is 0. The fourth-order valence-corrected chi connectivity index (χ4v) is 2.80. The van der Waals surface area contributed by atoms with E-state index in [0.717, 1.165) is 11.8 Å². The molecule has 0 saturated carbocycles. The highest BCUT2D eigenvalue weighted by Gasteiger charge is 1.99. The zero-order valence-electron chi connectivity index (χ0n) is 9.45. The van der Waals surface area contributed by atoms with Crippen molar-refractivity contribution in [1.29, 1.82) is 0 Å². The van der Waals surface area contributed by atoms with E-state index >= 15 is 0 Å². The number of hydrogen-bond donors (Lipinski definition) is 0. The molecule has 0 saturated heterocycles. The summed E-state index contributed by atoms with van der Waals surface area (Å²) >= 11 is 10.4. The van der Waals surface area contributed by atoms with Crippen LogP contribution in [0.3, 0.4) is 0 Å². The fraction of sp³-hybridized carbons (Fsp3) is 1.00. The van der Waals surface area contributed by atoms with Gasteiger partial charge in [-0.1, -0.05) is 50.1 Å². The summed E-state index contributed by atoms with van der Waals surface area (Å²) < 4.78 is 0. The lowest BCUT2D eigenvalue weighted by Gasteiger charge is -2.03. The van der Waals surface area contributed by atoms with Gasteiger partial charge in [-0.2, -0.15) is 0 Å². The molecule has 0 aliphatic carbocycles. The Labute approximate surface area is 100 Å². The van der Waals surface area contributed by atoms with Crippen LogP contribution in [0.15, 0.2) is 0 Å². The van der Waals surface area contributed by atoms with Gasteiger partial charge in [-0.15, -0.1) is 23.2 Å². The third-order valence-corrected chi connectivity index (χ3v) is 5.33. The molecule has 0 bridgehead atoms. The summed E-state index contributed by atoms with van der Waals surface area (Å²) in [7, 11) is 0. The summed E-state index contributed by atoms with van der Waals surface area (Å²) in [6.07, 6.45) is 0. The van der Waals surface area contributed by atoms with Gasteiger partial charge in [-0.3, -0.25) is 0 Å². The molecule has 0 fully saturated rings. The molecule has 0 amide bonds. The Bertz CT molecular complexity index is 75.0.